The maximum atomic E-state index is 12.2. The average molecular weight is 322 g/mol. The second-order valence-electron chi connectivity index (χ2n) is 5.34. The summed E-state index contributed by atoms with van der Waals surface area (Å²) >= 11 is 0. The molecule has 0 aliphatic carbocycles. The van der Waals surface area contributed by atoms with Crippen LogP contribution < -0.4 is 5.32 Å². The minimum Gasteiger partial charge on any atom is -0.481 e. The fraction of sp³-hybridized carbons (Fsp3) is 0.438. The summed E-state index contributed by atoms with van der Waals surface area (Å²) in [5.41, 5.74) is 2.93. The van der Waals surface area contributed by atoms with Gasteiger partial charge < -0.3 is 20.4 Å². The second kappa shape index (κ2) is 8.77. The van der Waals surface area contributed by atoms with E-state index in [0.29, 0.717) is 0 Å². The van der Waals surface area contributed by atoms with E-state index in [9.17, 15) is 14.4 Å². The molecule has 0 aromatic heterocycles. The van der Waals surface area contributed by atoms with Crippen molar-refractivity contribution in [2.24, 2.45) is 0 Å². The molecule has 0 saturated heterocycles. The number of hydrogen-bond donors (Lipinski definition) is 3. The fourth-order valence-electron chi connectivity index (χ4n) is 2.12. The monoisotopic (exact) mass is 322 g/mol. The molecule has 1 aromatic rings. The van der Waals surface area contributed by atoms with Gasteiger partial charge in [0, 0.05) is 18.8 Å². The summed E-state index contributed by atoms with van der Waals surface area (Å²) in [5, 5.41) is 20.5. The van der Waals surface area contributed by atoms with Gasteiger partial charge in [-0.05, 0) is 25.5 Å². The number of carboxylic acid groups (broad SMARTS) is 2. The van der Waals surface area contributed by atoms with Crippen LogP contribution in [0.25, 0.3) is 0 Å². The molecule has 1 amide bonds. The predicted molar refractivity (Wildman–Crippen MR) is 85.5 cm³/mol. The Hall–Kier alpha value is -2.57. The van der Waals surface area contributed by atoms with Crippen LogP contribution in [-0.4, -0.2) is 52.6 Å². The summed E-state index contributed by atoms with van der Waals surface area (Å²) in [6.45, 7) is 3.88. The molecule has 0 saturated carbocycles. The molecule has 0 atom stereocenters. The Morgan fingerprint density at radius 2 is 1.61 bits per heavy atom. The molecule has 1 rings (SSSR count). The molecule has 7 nitrogen and oxygen atoms in total. The van der Waals surface area contributed by atoms with Crippen molar-refractivity contribution in [1.29, 1.82) is 0 Å². The van der Waals surface area contributed by atoms with Crippen LogP contribution >= 0.6 is 0 Å². The molecule has 0 bridgehead atoms. The van der Waals surface area contributed by atoms with E-state index in [1.54, 1.807) is 0 Å². The van der Waals surface area contributed by atoms with E-state index in [2.05, 4.69) is 5.32 Å². The molecule has 0 spiro atoms. The largest absolute Gasteiger partial charge is 0.481 e. The second-order valence-corrected chi connectivity index (χ2v) is 5.34. The lowest BCUT2D eigenvalue weighted by Crippen LogP contribution is -2.38. The van der Waals surface area contributed by atoms with Crippen LogP contribution in [-0.2, 0) is 14.4 Å². The van der Waals surface area contributed by atoms with Crippen molar-refractivity contribution in [2.45, 2.75) is 26.7 Å². The molecule has 7 heteroatoms. The highest BCUT2D eigenvalue weighted by atomic mass is 16.4. The zero-order valence-electron chi connectivity index (χ0n) is 13.3. The van der Waals surface area contributed by atoms with E-state index in [1.807, 2.05) is 32.0 Å². The predicted octanol–water partition coefficient (Wildman–Crippen LogP) is 1.49. The van der Waals surface area contributed by atoms with Crippen molar-refractivity contribution in [1.82, 2.24) is 4.90 Å². The number of amides is 1. The van der Waals surface area contributed by atoms with E-state index in [-0.39, 0.29) is 38.4 Å². The fourth-order valence-corrected chi connectivity index (χ4v) is 2.12. The Morgan fingerprint density at radius 3 is 2.09 bits per heavy atom. The number of nitrogens with one attached hydrogen (secondary N) is 1. The molecule has 1 aromatic carbocycles. The highest BCUT2D eigenvalue weighted by molar-refractivity contribution is 5.82. The van der Waals surface area contributed by atoms with Crippen molar-refractivity contribution in [3.05, 3.63) is 29.3 Å². The van der Waals surface area contributed by atoms with Gasteiger partial charge in [0.05, 0.1) is 19.4 Å². The first kappa shape index (κ1) is 18.5. The van der Waals surface area contributed by atoms with Gasteiger partial charge in [0.25, 0.3) is 0 Å². The van der Waals surface area contributed by atoms with Crippen LogP contribution in [0.15, 0.2) is 18.2 Å². The molecule has 126 valence electrons. The molecule has 0 heterocycles. The maximum absolute atomic E-state index is 12.2. The zero-order chi connectivity index (χ0) is 17.4. The Labute approximate surface area is 134 Å². The van der Waals surface area contributed by atoms with E-state index in [1.165, 1.54) is 4.90 Å². The summed E-state index contributed by atoms with van der Waals surface area (Å²) in [4.78, 5) is 34.8. The zero-order valence-corrected chi connectivity index (χ0v) is 13.3. The van der Waals surface area contributed by atoms with Gasteiger partial charge in [0.1, 0.15) is 0 Å². The van der Waals surface area contributed by atoms with Crippen LogP contribution in [0.5, 0.6) is 0 Å². The van der Waals surface area contributed by atoms with Crippen molar-refractivity contribution >= 4 is 23.5 Å². The number of carbonyl (C=O) groups is 3. The van der Waals surface area contributed by atoms with Crippen molar-refractivity contribution < 1.29 is 24.6 Å². The summed E-state index contributed by atoms with van der Waals surface area (Å²) < 4.78 is 0. The molecule has 0 aliphatic rings. The first-order valence-corrected chi connectivity index (χ1v) is 7.32. The van der Waals surface area contributed by atoms with E-state index >= 15 is 0 Å². The number of rotatable bonds is 9. The first-order valence-electron chi connectivity index (χ1n) is 7.32. The van der Waals surface area contributed by atoms with Gasteiger partial charge in [0.2, 0.25) is 5.91 Å². The average Bonchev–Trinajstić information content (AvgIpc) is 2.45. The van der Waals surface area contributed by atoms with Crippen molar-refractivity contribution in [3.63, 3.8) is 0 Å². The SMILES string of the molecule is Cc1ccc(NCC(=O)N(CCC(=O)O)CCC(=O)O)c(C)c1. The number of aryl methyl sites for hydroxylation is 2. The Kier molecular flexibility index (Phi) is 7.05. The molecule has 0 fully saturated rings. The highest BCUT2D eigenvalue weighted by Gasteiger charge is 2.16. The topological polar surface area (TPSA) is 107 Å². The number of carboxylic acids is 2. The van der Waals surface area contributed by atoms with E-state index in [0.717, 1.165) is 16.8 Å². The minimum atomic E-state index is -1.03. The normalized spacial score (nSPS) is 10.2. The van der Waals surface area contributed by atoms with Gasteiger partial charge in [0.15, 0.2) is 0 Å². The lowest BCUT2D eigenvalue weighted by Gasteiger charge is -2.22. The number of benzene rings is 1. The third-order valence-electron chi connectivity index (χ3n) is 3.36. The summed E-state index contributed by atoms with van der Waals surface area (Å²) in [7, 11) is 0. The van der Waals surface area contributed by atoms with Gasteiger partial charge in [-0.1, -0.05) is 17.7 Å². The Bertz CT molecular complexity index is 568. The third kappa shape index (κ3) is 6.82. The first-order chi connectivity index (χ1) is 10.8. The van der Waals surface area contributed by atoms with E-state index < -0.39 is 11.9 Å². The molecule has 0 aliphatic heterocycles. The van der Waals surface area contributed by atoms with Crippen LogP contribution in [0, 0.1) is 13.8 Å². The Balaban J connectivity index is 2.63. The number of aliphatic carboxylic acids is 2. The van der Waals surface area contributed by atoms with Gasteiger partial charge in [-0.25, -0.2) is 0 Å². The number of anilines is 1. The maximum Gasteiger partial charge on any atom is 0.305 e. The summed E-state index contributed by atoms with van der Waals surface area (Å²) in [5.74, 6) is -2.38. The van der Waals surface area contributed by atoms with Crippen LogP contribution in [0.4, 0.5) is 5.69 Å². The quantitative estimate of drug-likeness (QED) is 0.636. The number of nitrogens with zero attached hydrogens (tertiary/aromatic N) is 1. The molecular formula is C16H22N2O5. The Morgan fingerprint density at radius 1 is 1.04 bits per heavy atom. The molecule has 3 N–H and O–H groups in total. The highest BCUT2D eigenvalue weighted by Crippen LogP contribution is 2.15. The van der Waals surface area contributed by atoms with Gasteiger partial charge in [-0.3, -0.25) is 14.4 Å². The van der Waals surface area contributed by atoms with Gasteiger partial charge in [-0.15, -0.1) is 0 Å². The smallest absolute Gasteiger partial charge is 0.305 e. The molecule has 0 unspecified atom stereocenters. The minimum absolute atomic E-state index is 0.00396. The van der Waals surface area contributed by atoms with Crippen molar-refractivity contribution in [2.75, 3.05) is 25.0 Å². The number of hydrogen-bond acceptors (Lipinski definition) is 4. The lowest BCUT2D eigenvalue weighted by atomic mass is 10.1. The molecular weight excluding hydrogens is 300 g/mol. The van der Waals surface area contributed by atoms with Gasteiger partial charge >= 0.3 is 11.9 Å². The molecule has 0 radical (unpaired) electrons. The summed E-state index contributed by atoms with van der Waals surface area (Å²) in [6, 6.07) is 5.78. The third-order valence-corrected chi connectivity index (χ3v) is 3.36. The summed E-state index contributed by atoms with van der Waals surface area (Å²) in [6.07, 6.45) is -0.427. The van der Waals surface area contributed by atoms with Crippen LogP contribution in [0.2, 0.25) is 0 Å². The number of carbonyl (C=O) groups excluding carboxylic acids is 1. The molecule has 23 heavy (non-hydrogen) atoms. The van der Waals surface area contributed by atoms with Crippen molar-refractivity contribution in [3.8, 4) is 0 Å². The van der Waals surface area contributed by atoms with E-state index in [4.69, 9.17) is 10.2 Å². The van der Waals surface area contributed by atoms with Gasteiger partial charge in [-0.2, -0.15) is 0 Å². The van der Waals surface area contributed by atoms with Crippen LogP contribution in [0.1, 0.15) is 24.0 Å². The lowest BCUT2D eigenvalue weighted by molar-refractivity contribution is -0.139. The van der Waals surface area contributed by atoms with Crippen LogP contribution in [0.3, 0.4) is 0 Å². The standard InChI is InChI=1S/C16H22N2O5/c1-11-3-4-13(12(2)9-11)17-10-14(19)18(7-5-15(20)21)8-6-16(22)23/h3-4,9,17H,5-8,10H2,1-2H3,(H,20,21)(H,22,23).